The summed E-state index contributed by atoms with van der Waals surface area (Å²) in [4.78, 5) is 39.3. The van der Waals surface area contributed by atoms with Gasteiger partial charge < -0.3 is 19.1 Å². The van der Waals surface area contributed by atoms with Gasteiger partial charge in [-0.1, -0.05) is 18.2 Å². The molecule has 1 amide bonds. The van der Waals surface area contributed by atoms with Crippen LogP contribution in [0.3, 0.4) is 0 Å². The van der Waals surface area contributed by atoms with E-state index in [1.165, 1.54) is 28.8 Å². The van der Waals surface area contributed by atoms with Gasteiger partial charge in [-0.15, -0.1) is 11.3 Å². The van der Waals surface area contributed by atoms with Crippen molar-refractivity contribution in [3.05, 3.63) is 49.4 Å². The number of ether oxygens (including phenoxy) is 3. The molecule has 2 aromatic rings. The SMILES string of the molecule is CCOC(=O)/C=c1\s/c(=C\c2ccccc2OC(F)F)c(=O)n1CC(=O)N1CCOCC1. The van der Waals surface area contributed by atoms with Crippen molar-refractivity contribution in [3.8, 4) is 5.75 Å². The Morgan fingerprint density at radius 3 is 2.66 bits per heavy atom. The highest BCUT2D eigenvalue weighted by Crippen LogP contribution is 2.20. The number of morpholine rings is 1. The number of benzene rings is 1. The van der Waals surface area contributed by atoms with E-state index in [4.69, 9.17) is 9.47 Å². The molecular formula is C21H22F2N2O6S. The van der Waals surface area contributed by atoms with Crippen LogP contribution < -0.4 is 19.5 Å². The molecule has 1 aliphatic heterocycles. The smallest absolute Gasteiger partial charge is 0.387 e. The normalized spacial score (nSPS) is 15.3. The summed E-state index contributed by atoms with van der Waals surface area (Å²) in [5.74, 6) is -1.05. The lowest BCUT2D eigenvalue weighted by Crippen LogP contribution is -2.45. The number of esters is 1. The minimum absolute atomic E-state index is 0.0952. The standard InChI is InChI=1S/C21H22F2N2O6S/c1-2-30-19(27)12-18-25(13-17(26)24-7-9-29-10-8-24)20(28)16(32-18)11-14-5-3-4-6-15(14)31-21(22)23/h3-6,11-12,21H,2,7-10,13H2,1H3/b16-11-,18-12-. The Morgan fingerprint density at radius 1 is 1.25 bits per heavy atom. The molecule has 0 aliphatic carbocycles. The number of amides is 1. The Hall–Kier alpha value is -3.05. The summed E-state index contributed by atoms with van der Waals surface area (Å²) in [5, 5.41) is 0. The molecule has 0 bridgehead atoms. The molecule has 0 unspecified atom stereocenters. The summed E-state index contributed by atoms with van der Waals surface area (Å²) in [6.45, 7) is 0.131. The average Bonchev–Trinajstić information content (AvgIpc) is 3.04. The number of carbonyl (C=O) groups excluding carboxylic acids is 2. The third-order valence-corrected chi connectivity index (χ3v) is 5.60. The van der Waals surface area contributed by atoms with Gasteiger partial charge >= 0.3 is 12.6 Å². The van der Waals surface area contributed by atoms with E-state index >= 15 is 0 Å². The van der Waals surface area contributed by atoms with Crippen molar-refractivity contribution in [2.24, 2.45) is 0 Å². The molecular weight excluding hydrogens is 446 g/mol. The van der Waals surface area contributed by atoms with Crippen LogP contribution in [0.15, 0.2) is 29.1 Å². The second kappa shape index (κ2) is 11.0. The van der Waals surface area contributed by atoms with E-state index in [9.17, 15) is 23.2 Å². The Kier molecular flexibility index (Phi) is 8.12. The summed E-state index contributed by atoms with van der Waals surface area (Å²) in [7, 11) is 0. The third kappa shape index (κ3) is 6.01. The number of nitrogens with zero attached hydrogens (tertiary/aromatic N) is 2. The number of thiazole rings is 1. The molecule has 0 saturated carbocycles. The summed E-state index contributed by atoms with van der Waals surface area (Å²) in [6, 6.07) is 6.03. The van der Waals surface area contributed by atoms with E-state index in [-0.39, 0.29) is 39.6 Å². The van der Waals surface area contributed by atoms with E-state index in [1.807, 2.05) is 0 Å². The van der Waals surface area contributed by atoms with E-state index in [0.717, 1.165) is 17.4 Å². The maximum atomic E-state index is 13.1. The van der Waals surface area contributed by atoms with E-state index in [2.05, 4.69) is 4.74 Å². The second-order valence-corrected chi connectivity index (χ2v) is 7.71. The summed E-state index contributed by atoms with van der Waals surface area (Å²) < 4.78 is 41.7. The molecule has 8 nitrogen and oxygen atoms in total. The van der Waals surface area contributed by atoms with Crippen LogP contribution >= 0.6 is 11.3 Å². The maximum absolute atomic E-state index is 13.1. The highest BCUT2D eigenvalue weighted by atomic mass is 32.1. The topological polar surface area (TPSA) is 87.1 Å². The average molecular weight is 468 g/mol. The van der Waals surface area contributed by atoms with Crippen molar-refractivity contribution in [2.45, 2.75) is 20.1 Å². The van der Waals surface area contributed by atoms with Crippen LogP contribution in [0.4, 0.5) is 8.78 Å². The summed E-state index contributed by atoms with van der Waals surface area (Å²) in [5.41, 5.74) is -0.264. The molecule has 172 valence electrons. The monoisotopic (exact) mass is 468 g/mol. The van der Waals surface area contributed by atoms with Gasteiger partial charge in [0.05, 0.1) is 30.4 Å². The molecule has 3 rings (SSSR count). The lowest BCUT2D eigenvalue weighted by Gasteiger charge is -2.26. The molecule has 0 radical (unpaired) electrons. The quantitative estimate of drug-likeness (QED) is 0.552. The Morgan fingerprint density at radius 2 is 1.97 bits per heavy atom. The van der Waals surface area contributed by atoms with Crippen LogP contribution in [-0.2, 0) is 25.6 Å². The zero-order chi connectivity index (χ0) is 23.1. The predicted molar refractivity (Wildman–Crippen MR) is 113 cm³/mol. The van der Waals surface area contributed by atoms with Crippen LogP contribution in [-0.4, -0.2) is 60.9 Å². The summed E-state index contributed by atoms with van der Waals surface area (Å²) in [6.07, 6.45) is 2.53. The minimum Gasteiger partial charge on any atom is -0.463 e. The molecule has 0 atom stereocenters. The second-order valence-electron chi connectivity index (χ2n) is 6.65. The molecule has 1 aromatic heterocycles. The molecule has 11 heteroatoms. The fourth-order valence-corrected chi connectivity index (χ4v) is 4.09. The molecule has 1 fully saturated rings. The Bertz CT molecular complexity index is 1140. The van der Waals surface area contributed by atoms with Crippen LogP contribution in [0.25, 0.3) is 12.2 Å². The molecule has 2 heterocycles. The highest BCUT2D eigenvalue weighted by molar-refractivity contribution is 7.07. The van der Waals surface area contributed by atoms with Crippen molar-refractivity contribution >= 4 is 35.4 Å². The molecule has 0 spiro atoms. The zero-order valence-corrected chi connectivity index (χ0v) is 18.1. The minimum atomic E-state index is -3.02. The third-order valence-electron chi connectivity index (χ3n) is 4.54. The van der Waals surface area contributed by atoms with Gasteiger partial charge in [0, 0.05) is 18.7 Å². The fourth-order valence-electron chi connectivity index (χ4n) is 3.07. The predicted octanol–water partition coefficient (Wildman–Crippen LogP) is 0.542. The number of aromatic nitrogens is 1. The number of carbonyl (C=O) groups is 2. The van der Waals surface area contributed by atoms with Crippen molar-refractivity contribution in [1.82, 2.24) is 9.47 Å². The van der Waals surface area contributed by atoms with Crippen LogP contribution in [0.5, 0.6) is 5.75 Å². The van der Waals surface area contributed by atoms with Gasteiger partial charge in [-0.3, -0.25) is 14.2 Å². The maximum Gasteiger partial charge on any atom is 0.387 e. The molecule has 32 heavy (non-hydrogen) atoms. The van der Waals surface area contributed by atoms with Crippen LogP contribution in [0, 0.1) is 0 Å². The lowest BCUT2D eigenvalue weighted by molar-refractivity contribution is -0.136. The number of alkyl halides is 2. The molecule has 1 aromatic carbocycles. The van der Waals surface area contributed by atoms with Gasteiger partial charge in [-0.05, 0) is 19.1 Å². The van der Waals surface area contributed by atoms with E-state index in [0.29, 0.717) is 26.3 Å². The van der Waals surface area contributed by atoms with Crippen molar-refractivity contribution < 1.29 is 32.6 Å². The van der Waals surface area contributed by atoms with Gasteiger partial charge in [0.15, 0.2) is 0 Å². The fraction of sp³-hybridized carbons (Fsp3) is 0.381. The van der Waals surface area contributed by atoms with Crippen LogP contribution in [0.1, 0.15) is 12.5 Å². The summed E-state index contributed by atoms with van der Waals surface area (Å²) >= 11 is 0.951. The first-order valence-electron chi connectivity index (χ1n) is 9.88. The van der Waals surface area contributed by atoms with E-state index < -0.39 is 18.1 Å². The van der Waals surface area contributed by atoms with Gasteiger partial charge in [-0.25, -0.2) is 4.79 Å². The van der Waals surface area contributed by atoms with Crippen molar-refractivity contribution in [3.63, 3.8) is 0 Å². The van der Waals surface area contributed by atoms with Gasteiger partial charge in [0.25, 0.3) is 5.56 Å². The largest absolute Gasteiger partial charge is 0.463 e. The van der Waals surface area contributed by atoms with Gasteiger partial charge in [0.1, 0.15) is 17.0 Å². The van der Waals surface area contributed by atoms with Crippen molar-refractivity contribution in [2.75, 3.05) is 32.9 Å². The first-order chi connectivity index (χ1) is 15.4. The highest BCUT2D eigenvalue weighted by Gasteiger charge is 2.19. The Labute approximate surface area is 185 Å². The molecule has 1 aliphatic rings. The first kappa shape index (κ1) is 23.6. The molecule has 1 saturated heterocycles. The van der Waals surface area contributed by atoms with Gasteiger partial charge in [0.2, 0.25) is 5.91 Å². The number of halogens is 2. The number of rotatable bonds is 7. The van der Waals surface area contributed by atoms with Crippen molar-refractivity contribution in [1.29, 1.82) is 0 Å². The number of hydrogen-bond donors (Lipinski definition) is 0. The lowest BCUT2D eigenvalue weighted by atomic mass is 10.2. The number of hydrogen-bond acceptors (Lipinski definition) is 7. The van der Waals surface area contributed by atoms with Gasteiger partial charge in [-0.2, -0.15) is 8.78 Å². The number of para-hydroxylation sites is 1. The van der Waals surface area contributed by atoms with E-state index in [1.54, 1.807) is 17.9 Å². The Balaban J connectivity index is 2.05. The first-order valence-corrected chi connectivity index (χ1v) is 10.7. The molecule has 0 N–H and O–H groups in total. The van der Waals surface area contributed by atoms with Crippen LogP contribution in [0.2, 0.25) is 0 Å². The zero-order valence-electron chi connectivity index (χ0n) is 17.3.